The van der Waals surface area contributed by atoms with Crippen LogP contribution in [0.3, 0.4) is 0 Å². The lowest BCUT2D eigenvalue weighted by molar-refractivity contribution is 0.106. The van der Waals surface area contributed by atoms with Crippen molar-refractivity contribution in [3.63, 3.8) is 0 Å². The highest BCUT2D eigenvalue weighted by Gasteiger charge is 2.34. The smallest absolute Gasteiger partial charge is 0.0161 e. The molecule has 0 unspecified atom stereocenters. The second kappa shape index (κ2) is 7.64. The number of hydrogen-bond donors (Lipinski definition) is 1. The van der Waals surface area contributed by atoms with E-state index >= 15 is 0 Å². The van der Waals surface area contributed by atoms with E-state index in [-0.39, 0.29) is 11.0 Å². The average molecular weight is 271 g/mol. The van der Waals surface area contributed by atoms with Crippen LogP contribution in [-0.4, -0.2) is 30.1 Å². The van der Waals surface area contributed by atoms with Crippen molar-refractivity contribution in [2.45, 2.75) is 73.8 Å². The van der Waals surface area contributed by atoms with Crippen molar-refractivity contribution in [3.8, 4) is 0 Å². The molecule has 0 aliphatic heterocycles. The minimum absolute atomic E-state index is 0.138. The molecule has 0 aromatic carbocycles. The second-order valence-corrected chi connectivity index (χ2v) is 8.25. The van der Waals surface area contributed by atoms with Crippen LogP contribution in [-0.2, 0) is 0 Å². The molecule has 2 heteroatoms. The normalized spacial score (nSPS) is 13.9. The van der Waals surface area contributed by atoms with Crippen LogP contribution < -0.4 is 5.73 Å². The van der Waals surface area contributed by atoms with Gasteiger partial charge in [-0.1, -0.05) is 41.5 Å². The predicted octanol–water partition coefficient (Wildman–Crippen LogP) is 4.14. The molecule has 0 fully saturated rings. The fourth-order valence-corrected chi connectivity index (χ4v) is 1.91. The number of rotatable bonds is 9. The largest absolute Gasteiger partial charge is 0.325 e. The third-order valence-corrected chi connectivity index (χ3v) is 4.41. The van der Waals surface area contributed by atoms with Crippen molar-refractivity contribution in [1.29, 1.82) is 0 Å². The van der Waals surface area contributed by atoms with Gasteiger partial charge >= 0.3 is 0 Å². The molecule has 0 radical (unpaired) electrons. The van der Waals surface area contributed by atoms with Crippen LogP contribution in [0.15, 0.2) is 0 Å². The summed E-state index contributed by atoms with van der Waals surface area (Å²) < 4.78 is 0. The summed E-state index contributed by atoms with van der Waals surface area (Å²) in [6, 6.07) is 0. The van der Waals surface area contributed by atoms with E-state index in [1.807, 2.05) is 0 Å². The van der Waals surface area contributed by atoms with Crippen molar-refractivity contribution in [2.75, 3.05) is 19.6 Å². The Morgan fingerprint density at radius 1 is 0.842 bits per heavy atom. The van der Waals surface area contributed by atoms with Crippen molar-refractivity contribution in [1.82, 2.24) is 4.90 Å². The lowest BCUT2D eigenvalue weighted by Gasteiger charge is -2.42. The van der Waals surface area contributed by atoms with Crippen LogP contribution in [0.2, 0.25) is 0 Å². The number of nitrogens with zero attached hydrogens (tertiary/aromatic N) is 1. The molecule has 2 nitrogen and oxygen atoms in total. The Hall–Kier alpha value is -0.0800. The molecule has 19 heavy (non-hydrogen) atoms. The fourth-order valence-electron chi connectivity index (χ4n) is 1.91. The molecular weight excluding hydrogens is 232 g/mol. The molecule has 0 atom stereocenters. The zero-order valence-electron chi connectivity index (χ0n) is 14.7. The maximum Gasteiger partial charge on any atom is 0.0161 e. The number of nitrogens with two attached hydrogens (primary N) is 1. The first-order valence-electron chi connectivity index (χ1n) is 7.97. The van der Waals surface area contributed by atoms with Crippen LogP contribution in [0.25, 0.3) is 0 Å². The van der Waals surface area contributed by atoms with E-state index in [4.69, 9.17) is 5.73 Å². The molecule has 0 aromatic heterocycles. The monoisotopic (exact) mass is 270 g/mol. The Balaban J connectivity index is 4.55. The Labute approximate surface area is 122 Å². The summed E-state index contributed by atoms with van der Waals surface area (Å²) in [5.41, 5.74) is 6.35. The highest BCUT2D eigenvalue weighted by molar-refractivity contribution is 4.92. The van der Waals surface area contributed by atoms with Gasteiger partial charge in [-0.2, -0.15) is 0 Å². The van der Waals surface area contributed by atoms with E-state index in [2.05, 4.69) is 60.3 Å². The molecule has 0 saturated heterocycles. The third-order valence-electron chi connectivity index (χ3n) is 4.41. The van der Waals surface area contributed by atoms with Gasteiger partial charge in [-0.15, -0.1) is 0 Å². The fraction of sp³-hybridized carbons (Fsp3) is 1.00. The van der Waals surface area contributed by atoms with Crippen LogP contribution in [0.5, 0.6) is 0 Å². The van der Waals surface area contributed by atoms with E-state index in [1.165, 1.54) is 25.9 Å². The minimum atomic E-state index is -0.138. The summed E-state index contributed by atoms with van der Waals surface area (Å²) in [7, 11) is 0. The summed E-state index contributed by atoms with van der Waals surface area (Å²) in [5, 5.41) is 0. The van der Waals surface area contributed by atoms with E-state index < -0.39 is 0 Å². The molecule has 0 rings (SSSR count). The first-order chi connectivity index (χ1) is 8.45. The topological polar surface area (TPSA) is 29.3 Å². The van der Waals surface area contributed by atoms with Gasteiger partial charge in [0.1, 0.15) is 0 Å². The van der Waals surface area contributed by atoms with Gasteiger partial charge in [0.2, 0.25) is 0 Å². The van der Waals surface area contributed by atoms with Gasteiger partial charge < -0.3 is 10.6 Å². The van der Waals surface area contributed by atoms with Gasteiger partial charge in [0.15, 0.2) is 0 Å². The predicted molar refractivity (Wildman–Crippen MR) is 87.4 cm³/mol. The highest BCUT2D eigenvalue weighted by Crippen LogP contribution is 2.29. The van der Waals surface area contributed by atoms with Crippen molar-refractivity contribution >= 4 is 0 Å². The average Bonchev–Trinajstić information content (AvgIpc) is 2.19. The van der Waals surface area contributed by atoms with Gasteiger partial charge in [-0.25, -0.2) is 0 Å². The summed E-state index contributed by atoms with van der Waals surface area (Å²) in [5.74, 6) is 1.55. The second-order valence-electron chi connectivity index (χ2n) is 8.25. The van der Waals surface area contributed by atoms with Crippen molar-refractivity contribution < 1.29 is 0 Å². The van der Waals surface area contributed by atoms with Gasteiger partial charge in [0.25, 0.3) is 0 Å². The van der Waals surface area contributed by atoms with E-state index in [1.54, 1.807) is 0 Å². The molecule has 2 N–H and O–H groups in total. The van der Waals surface area contributed by atoms with E-state index in [9.17, 15) is 0 Å². The molecule has 116 valence electrons. The maximum absolute atomic E-state index is 6.35. The quantitative estimate of drug-likeness (QED) is 0.682. The van der Waals surface area contributed by atoms with Gasteiger partial charge in [-0.3, -0.25) is 0 Å². The molecule has 0 heterocycles. The first kappa shape index (κ1) is 18.9. The third kappa shape index (κ3) is 7.94. The minimum Gasteiger partial charge on any atom is -0.325 e. The Kier molecular flexibility index (Phi) is 7.60. The molecule has 0 aliphatic rings. The molecule has 0 aliphatic carbocycles. The first-order valence-corrected chi connectivity index (χ1v) is 7.97. The van der Waals surface area contributed by atoms with Gasteiger partial charge in [0.05, 0.1) is 0 Å². The number of hydrogen-bond acceptors (Lipinski definition) is 2. The maximum atomic E-state index is 6.35. The van der Waals surface area contributed by atoms with E-state index in [0.29, 0.717) is 0 Å². The van der Waals surface area contributed by atoms with Crippen molar-refractivity contribution in [3.05, 3.63) is 0 Å². The summed E-state index contributed by atoms with van der Waals surface area (Å²) in [6.45, 7) is 21.6. The highest BCUT2D eigenvalue weighted by atomic mass is 15.1. The van der Waals surface area contributed by atoms with Crippen LogP contribution in [0.1, 0.15) is 68.2 Å². The molecule has 0 amide bonds. The SMILES string of the molecule is CC(C)CCN(CCC(C)C)CC(C)(C)C(C)(C)N. The molecule has 0 spiro atoms. The zero-order valence-corrected chi connectivity index (χ0v) is 14.7. The van der Waals surface area contributed by atoms with Crippen molar-refractivity contribution in [2.24, 2.45) is 23.0 Å². The van der Waals surface area contributed by atoms with Gasteiger partial charge in [0, 0.05) is 12.1 Å². The summed E-state index contributed by atoms with van der Waals surface area (Å²) in [4.78, 5) is 2.62. The molecule has 0 saturated carbocycles. The molecular formula is C17H38N2. The molecule has 0 bridgehead atoms. The van der Waals surface area contributed by atoms with Crippen LogP contribution >= 0.6 is 0 Å². The Morgan fingerprint density at radius 3 is 1.47 bits per heavy atom. The Morgan fingerprint density at radius 2 is 1.21 bits per heavy atom. The lowest BCUT2D eigenvalue weighted by atomic mass is 9.74. The summed E-state index contributed by atoms with van der Waals surface area (Å²) in [6.07, 6.45) is 2.55. The van der Waals surface area contributed by atoms with Gasteiger partial charge in [-0.05, 0) is 57.0 Å². The molecule has 0 aromatic rings. The van der Waals surface area contributed by atoms with Crippen LogP contribution in [0.4, 0.5) is 0 Å². The standard InChI is InChI=1S/C17H38N2/c1-14(2)9-11-19(12-10-15(3)4)13-16(5,6)17(7,8)18/h14-15H,9-13,18H2,1-8H3. The van der Waals surface area contributed by atoms with Crippen LogP contribution in [0, 0.1) is 17.3 Å². The summed E-state index contributed by atoms with van der Waals surface area (Å²) >= 11 is 0. The lowest BCUT2D eigenvalue weighted by Crippen LogP contribution is -2.53. The zero-order chi connectivity index (χ0) is 15.3. The van der Waals surface area contributed by atoms with E-state index in [0.717, 1.165) is 18.4 Å². The Bertz CT molecular complexity index is 224.